The molecule has 2 heterocycles. The van der Waals surface area contributed by atoms with Gasteiger partial charge in [0.05, 0.1) is 22.5 Å². The molecule has 0 aliphatic rings. The van der Waals surface area contributed by atoms with Gasteiger partial charge >= 0.3 is 0 Å². The molecule has 62 valence electrons. The van der Waals surface area contributed by atoms with Crippen molar-refractivity contribution in [1.82, 2.24) is 9.97 Å². The van der Waals surface area contributed by atoms with Crippen molar-refractivity contribution < 1.29 is 0 Å². The highest BCUT2D eigenvalue weighted by atomic mass is 32.1. The Balaban J connectivity index is 2.62. The van der Waals surface area contributed by atoms with Gasteiger partial charge in [0, 0.05) is 6.20 Å². The Morgan fingerprint density at radius 3 is 3.08 bits per heavy atom. The molecular weight excluding hydrogens is 170 g/mol. The van der Waals surface area contributed by atoms with Gasteiger partial charge in [0.25, 0.3) is 0 Å². The Bertz CT molecular complexity index is 361. The number of fused-ring (bicyclic) bond motifs is 1. The minimum Gasteiger partial charge on any atom is -0.322 e. The zero-order chi connectivity index (χ0) is 8.55. The van der Waals surface area contributed by atoms with Gasteiger partial charge in [-0.15, -0.1) is 11.3 Å². The third kappa shape index (κ3) is 1.19. The van der Waals surface area contributed by atoms with Gasteiger partial charge in [-0.3, -0.25) is 4.98 Å². The van der Waals surface area contributed by atoms with Crippen molar-refractivity contribution in [1.29, 1.82) is 0 Å². The summed E-state index contributed by atoms with van der Waals surface area (Å²) in [5.74, 6) is 0. The van der Waals surface area contributed by atoms with E-state index in [2.05, 4.69) is 9.97 Å². The lowest BCUT2D eigenvalue weighted by Gasteiger charge is -1.95. The maximum Gasteiger partial charge on any atom is 0.110 e. The molecule has 0 fully saturated rings. The van der Waals surface area contributed by atoms with Crippen molar-refractivity contribution in [2.75, 3.05) is 0 Å². The van der Waals surface area contributed by atoms with Gasteiger partial charge in [0.1, 0.15) is 5.01 Å². The van der Waals surface area contributed by atoms with Crippen LogP contribution in [0, 0.1) is 0 Å². The molecule has 0 amide bonds. The molecule has 2 N–H and O–H groups in total. The maximum absolute atomic E-state index is 5.71. The zero-order valence-electron chi connectivity index (χ0n) is 6.69. The lowest BCUT2D eigenvalue weighted by molar-refractivity contribution is 0.810. The van der Waals surface area contributed by atoms with E-state index in [4.69, 9.17) is 5.73 Å². The minimum atomic E-state index is 0.0161. The molecule has 12 heavy (non-hydrogen) atoms. The highest BCUT2D eigenvalue weighted by molar-refractivity contribution is 7.18. The summed E-state index contributed by atoms with van der Waals surface area (Å²) >= 11 is 1.63. The Kier molecular flexibility index (Phi) is 1.78. The number of hydrogen-bond donors (Lipinski definition) is 1. The number of rotatable bonds is 1. The van der Waals surface area contributed by atoms with Crippen LogP contribution in [0.1, 0.15) is 18.0 Å². The first-order valence-corrected chi connectivity index (χ1v) is 4.55. The van der Waals surface area contributed by atoms with Gasteiger partial charge in [-0.05, 0) is 13.0 Å². The molecular formula is C8H9N3S. The van der Waals surface area contributed by atoms with E-state index in [0.29, 0.717) is 0 Å². The van der Waals surface area contributed by atoms with E-state index in [9.17, 15) is 0 Å². The third-order valence-corrected chi connectivity index (χ3v) is 2.83. The number of aromatic nitrogens is 2. The molecule has 0 bridgehead atoms. The SMILES string of the molecule is C[C@H](N)c1nc2cnccc2s1. The zero-order valence-corrected chi connectivity index (χ0v) is 7.51. The molecule has 0 aliphatic heterocycles. The summed E-state index contributed by atoms with van der Waals surface area (Å²) in [6.45, 7) is 1.94. The van der Waals surface area contributed by atoms with Crippen LogP contribution in [-0.4, -0.2) is 9.97 Å². The Hall–Kier alpha value is -1.00. The van der Waals surface area contributed by atoms with Gasteiger partial charge < -0.3 is 5.73 Å². The van der Waals surface area contributed by atoms with E-state index < -0.39 is 0 Å². The summed E-state index contributed by atoms with van der Waals surface area (Å²) < 4.78 is 1.15. The van der Waals surface area contributed by atoms with Crippen LogP contribution in [0.25, 0.3) is 10.2 Å². The number of pyridine rings is 1. The first-order chi connectivity index (χ1) is 5.77. The topological polar surface area (TPSA) is 51.8 Å². The summed E-state index contributed by atoms with van der Waals surface area (Å²) in [4.78, 5) is 8.33. The fourth-order valence-corrected chi connectivity index (χ4v) is 1.88. The predicted octanol–water partition coefficient (Wildman–Crippen LogP) is 1.71. The highest BCUT2D eigenvalue weighted by Crippen LogP contribution is 2.23. The van der Waals surface area contributed by atoms with E-state index in [1.54, 1.807) is 23.7 Å². The Morgan fingerprint density at radius 1 is 1.58 bits per heavy atom. The van der Waals surface area contributed by atoms with Gasteiger partial charge in [0.15, 0.2) is 0 Å². The fourth-order valence-electron chi connectivity index (χ4n) is 0.993. The monoisotopic (exact) mass is 179 g/mol. The number of nitrogens with two attached hydrogens (primary N) is 1. The van der Waals surface area contributed by atoms with E-state index in [1.807, 2.05) is 13.0 Å². The van der Waals surface area contributed by atoms with Crippen LogP contribution in [0.4, 0.5) is 0 Å². The lowest BCUT2D eigenvalue weighted by Crippen LogP contribution is -2.03. The molecule has 3 nitrogen and oxygen atoms in total. The average Bonchev–Trinajstić information content (AvgIpc) is 2.46. The van der Waals surface area contributed by atoms with E-state index >= 15 is 0 Å². The van der Waals surface area contributed by atoms with Crippen molar-refractivity contribution in [3.8, 4) is 0 Å². The van der Waals surface area contributed by atoms with Crippen molar-refractivity contribution in [3.63, 3.8) is 0 Å². The molecule has 2 aromatic heterocycles. The number of hydrogen-bond acceptors (Lipinski definition) is 4. The number of nitrogens with zero attached hydrogens (tertiary/aromatic N) is 2. The van der Waals surface area contributed by atoms with E-state index in [-0.39, 0.29) is 6.04 Å². The van der Waals surface area contributed by atoms with Gasteiger partial charge in [-0.2, -0.15) is 0 Å². The molecule has 2 rings (SSSR count). The fraction of sp³-hybridized carbons (Fsp3) is 0.250. The van der Waals surface area contributed by atoms with Crippen molar-refractivity contribution in [2.24, 2.45) is 5.73 Å². The first-order valence-electron chi connectivity index (χ1n) is 3.73. The maximum atomic E-state index is 5.71. The molecule has 0 spiro atoms. The van der Waals surface area contributed by atoms with Crippen LogP contribution in [0.2, 0.25) is 0 Å². The molecule has 2 aromatic rings. The standard InChI is InChI=1S/C8H9N3S/c1-5(9)8-11-6-4-10-3-2-7(6)12-8/h2-5H,9H2,1H3/t5-/m0/s1. The van der Waals surface area contributed by atoms with Crippen LogP contribution in [-0.2, 0) is 0 Å². The molecule has 0 radical (unpaired) electrons. The van der Waals surface area contributed by atoms with Crippen LogP contribution in [0.5, 0.6) is 0 Å². The van der Waals surface area contributed by atoms with Crippen LogP contribution >= 0.6 is 11.3 Å². The summed E-state index contributed by atoms with van der Waals surface area (Å²) in [5, 5.41) is 0.970. The summed E-state index contributed by atoms with van der Waals surface area (Å²) in [5.41, 5.74) is 6.64. The van der Waals surface area contributed by atoms with Crippen molar-refractivity contribution in [3.05, 3.63) is 23.5 Å². The molecule has 0 aromatic carbocycles. The van der Waals surface area contributed by atoms with Gasteiger partial charge in [-0.1, -0.05) is 0 Å². The van der Waals surface area contributed by atoms with Gasteiger partial charge in [-0.25, -0.2) is 4.98 Å². The van der Waals surface area contributed by atoms with Crippen LogP contribution in [0.3, 0.4) is 0 Å². The normalized spacial score (nSPS) is 13.5. The van der Waals surface area contributed by atoms with E-state index in [1.165, 1.54) is 0 Å². The van der Waals surface area contributed by atoms with Crippen molar-refractivity contribution >= 4 is 21.6 Å². The highest BCUT2D eigenvalue weighted by Gasteiger charge is 2.06. The van der Waals surface area contributed by atoms with Crippen LogP contribution in [0.15, 0.2) is 18.5 Å². The molecule has 1 atom stereocenters. The van der Waals surface area contributed by atoms with Gasteiger partial charge in [0.2, 0.25) is 0 Å². The third-order valence-electron chi connectivity index (χ3n) is 1.60. The van der Waals surface area contributed by atoms with Crippen LogP contribution < -0.4 is 5.73 Å². The molecule has 0 saturated carbocycles. The number of thiazole rings is 1. The largest absolute Gasteiger partial charge is 0.322 e. The first kappa shape index (κ1) is 7.64. The van der Waals surface area contributed by atoms with E-state index in [0.717, 1.165) is 15.2 Å². The predicted molar refractivity (Wildman–Crippen MR) is 50.0 cm³/mol. The minimum absolute atomic E-state index is 0.0161. The summed E-state index contributed by atoms with van der Waals surface area (Å²) in [7, 11) is 0. The molecule has 0 saturated heterocycles. The Morgan fingerprint density at radius 2 is 2.42 bits per heavy atom. The molecule has 0 aliphatic carbocycles. The smallest absolute Gasteiger partial charge is 0.110 e. The molecule has 0 unspecified atom stereocenters. The summed E-state index contributed by atoms with van der Waals surface area (Å²) in [6.07, 6.45) is 3.53. The second-order valence-corrected chi connectivity index (χ2v) is 3.75. The average molecular weight is 179 g/mol. The quantitative estimate of drug-likeness (QED) is 0.725. The Labute approximate surface area is 74.3 Å². The summed E-state index contributed by atoms with van der Waals surface area (Å²) in [6, 6.07) is 1.97. The lowest BCUT2D eigenvalue weighted by atomic mass is 10.4. The van der Waals surface area contributed by atoms with Crippen molar-refractivity contribution in [2.45, 2.75) is 13.0 Å². The second kappa shape index (κ2) is 2.80. The second-order valence-electron chi connectivity index (χ2n) is 2.68. The molecule has 4 heteroatoms.